The smallest absolute Gasteiger partial charge is 0.269 e. The van der Waals surface area contributed by atoms with Gasteiger partial charge < -0.3 is 20.1 Å². The van der Waals surface area contributed by atoms with Gasteiger partial charge >= 0.3 is 0 Å². The summed E-state index contributed by atoms with van der Waals surface area (Å²) in [5, 5.41) is 8.79. The summed E-state index contributed by atoms with van der Waals surface area (Å²) in [6.45, 7) is 3.65. The van der Waals surface area contributed by atoms with Gasteiger partial charge in [-0.2, -0.15) is 0 Å². The van der Waals surface area contributed by atoms with Crippen molar-refractivity contribution in [2.24, 2.45) is 5.73 Å². The van der Waals surface area contributed by atoms with E-state index < -0.39 is 5.91 Å². The lowest BCUT2D eigenvalue weighted by atomic mass is 9.78. The third-order valence-corrected chi connectivity index (χ3v) is 7.19. The number of carbonyl (C=O) groups is 1. The molecular formula is C27H31N5O3. The maximum Gasteiger partial charge on any atom is 0.269 e. The Morgan fingerprint density at radius 3 is 2.51 bits per heavy atom. The van der Waals surface area contributed by atoms with Gasteiger partial charge in [0.05, 0.1) is 13.3 Å². The number of aryl methyl sites for hydroxylation is 1. The molecule has 35 heavy (non-hydrogen) atoms. The summed E-state index contributed by atoms with van der Waals surface area (Å²) in [7, 11) is 1.60. The molecule has 0 saturated carbocycles. The molecule has 0 unspecified atom stereocenters. The third-order valence-electron chi connectivity index (χ3n) is 7.19. The lowest BCUT2D eigenvalue weighted by Gasteiger charge is -2.34. The number of pyridine rings is 1. The molecule has 1 atom stereocenters. The van der Waals surface area contributed by atoms with Gasteiger partial charge in [0.15, 0.2) is 11.5 Å². The van der Waals surface area contributed by atoms with E-state index in [0.717, 1.165) is 67.9 Å². The van der Waals surface area contributed by atoms with Crippen LogP contribution in [-0.4, -0.2) is 47.4 Å². The number of amides is 1. The molecule has 3 heterocycles. The van der Waals surface area contributed by atoms with Crippen LogP contribution >= 0.6 is 0 Å². The number of ether oxygens (including phenoxy) is 2. The number of rotatable bonds is 6. The second-order valence-corrected chi connectivity index (χ2v) is 9.32. The molecule has 8 nitrogen and oxygen atoms in total. The van der Waals surface area contributed by atoms with Gasteiger partial charge in [0, 0.05) is 32.0 Å². The summed E-state index contributed by atoms with van der Waals surface area (Å²) in [5.74, 6) is 1.84. The second kappa shape index (κ2) is 9.90. The van der Waals surface area contributed by atoms with Crippen LogP contribution in [-0.2, 0) is 12.8 Å². The number of primary amides is 1. The fourth-order valence-electron chi connectivity index (χ4n) is 5.39. The van der Waals surface area contributed by atoms with Crippen LogP contribution in [0.4, 0.5) is 5.82 Å². The Morgan fingerprint density at radius 1 is 1.06 bits per heavy atom. The number of anilines is 1. The lowest BCUT2D eigenvalue weighted by molar-refractivity contribution is 0.0992. The highest BCUT2D eigenvalue weighted by molar-refractivity contribution is 5.93. The van der Waals surface area contributed by atoms with Crippen LogP contribution in [0.15, 0.2) is 42.6 Å². The molecule has 0 bridgehead atoms. The number of carbonyl (C=O) groups excluding carboxylic acids is 1. The molecule has 0 spiro atoms. The minimum atomic E-state index is -0.513. The van der Waals surface area contributed by atoms with E-state index in [1.165, 1.54) is 11.1 Å². The number of hydrogen-bond donors (Lipinski definition) is 1. The summed E-state index contributed by atoms with van der Waals surface area (Å²) in [6.07, 6.45) is 6.35. The van der Waals surface area contributed by atoms with Crippen LogP contribution in [0.1, 0.15) is 57.9 Å². The number of methoxy groups -OCH3 is 1. The van der Waals surface area contributed by atoms with Crippen LogP contribution in [0.3, 0.4) is 0 Å². The Labute approximate surface area is 205 Å². The monoisotopic (exact) mass is 473 g/mol. The Hall–Kier alpha value is -3.68. The molecule has 0 radical (unpaired) electrons. The lowest BCUT2D eigenvalue weighted by Crippen LogP contribution is -2.39. The minimum Gasteiger partial charge on any atom is -0.489 e. The van der Waals surface area contributed by atoms with Crippen LogP contribution in [0, 0.1) is 6.92 Å². The number of benzene rings is 1. The van der Waals surface area contributed by atoms with Gasteiger partial charge in [-0.25, -0.2) is 4.98 Å². The Kier molecular flexibility index (Phi) is 6.53. The van der Waals surface area contributed by atoms with Crippen molar-refractivity contribution < 1.29 is 14.3 Å². The predicted molar refractivity (Wildman–Crippen MR) is 133 cm³/mol. The molecule has 3 aromatic rings. The molecule has 182 valence electrons. The van der Waals surface area contributed by atoms with Crippen molar-refractivity contribution in [3.63, 3.8) is 0 Å². The number of piperidine rings is 1. The molecule has 1 saturated heterocycles. The molecule has 2 aliphatic rings. The van der Waals surface area contributed by atoms with Crippen LogP contribution in [0.2, 0.25) is 0 Å². The van der Waals surface area contributed by atoms with E-state index in [2.05, 4.69) is 51.3 Å². The molecule has 1 aromatic carbocycles. The van der Waals surface area contributed by atoms with Gasteiger partial charge in [0.25, 0.3) is 5.91 Å². The molecule has 2 aromatic heterocycles. The van der Waals surface area contributed by atoms with Crippen molar-refractivity contribution in [3.8, 4) is 11.6 Å². The van der Waals surface area contributed by atoms with Gasteiger partial charge in [0.1, 0.15) is 11.9 Å². The van der Waals surface area contributed by atoms with E-state index >= 15 is 0 Å². The predicted octanol–water partition coefficient (Wildman–Crippen LogP) is 3.61. The Bertz CT molecular complexity index is 1210. The quantitative estimate of drug-likeness (QED) is 0.583. The third kappa shape index (κ3) is 4.78. The highest BCUT2D eigenvalue weighted by Gasteiger charge is 2.30. The number of nitrogens with two attached hydrogens (primary N) is 1. The average Bonchev–Trinajstić information content (AvgIpc) is 2.89. The molecule has 1 fully saturated rings. The fourth-order valence-corrected chi connectivity index (χ4v) is 5.39. The van der Waals surface area contributed by atoms with E-state index in [1.807, 2.05) is 6.07 Å². The van der Waals surface area contributed by atoms with E-state index in [9.17, 15) is 4.79 Å². The molecule has 8 heteroatoms. The number of fused-ring (bicyclic) bond motifs is 1. The molecule has 2 N–H and O–H groups in total. The first-order valence-corrected chi connectivity index (χ1v) is 12.2. The summed E-state index contributed by atoms with van der Waals surface area (Å²) >= 11 is 0. The zero-order valence-electron chi connectivity index (χ0n) is 20.2. The molecule has 1 aliphatic heterocycles. The molecule has 5 rings (SSSR count). The highest BCUT2D eigenvalue weighted by atomic mass is 16.5. The van der Waals surface area contributed by atoms with Crippen molar-refractivity contribution in [2.75, 3.05) is 25.1 Å². The summed E-state index contributed by atoms with van der Waals surface area (Å²) in [6, 6.07) is 12.2. The second-order valence-electron chi connectivity index (χ2n) is 9.32. The topological polar surface area (TPSA) is 103 Å². The zero-order valence-corrected chi connectivity index (χ0v) is 20.2. The molecule has 1 aliphatic carbocycles. The van der Waals surface area contributed by atoms with Crippen LogP contribution in [0.25, 0.3) is 0 Å². The van der Waals surface area contributed by atoms with E-state index in [-0.39, 0.29) is 12.0 Å². The average molecular weight is 474 g/mol. The number of aromatic nitrogens is 3. The number of hydrogen-bond acceptors (Lipinski definition) is 7. The van der Waals surface area contributed by atoms with E-state index in [4.69, 9.17) is 15.2 Å². The normalized spacial score (nSPS) is 18.1. The van der Waals surface area contributed by atoms with Gasteiger partial charge in [-0.3, -0.25) is 4.79 Å². The SMILES string of the molecule is COc1ccc(OC2CCN(c3nnc(C(N)=O)c([C@H]4CCc5ccccc5C4)c3C)CC2)cn1. The molecular weight excluding hydrogens is 442 g/mol. The summed E-state index contributed by atoms with van der Waals surface area (Å²) in [4.78, 5) is 18.7. The Morgan fingerprint density at radius 2 is 1.83 bits per heavy atom. The fraction of sp³-hybridized carbons (Fsp3) is 0.407. The van der Waals surface area contributed by atoms with E-state index in [0.29, 0.717) is 11.6 Å². The van der Waals surface area contributed by atoms with Crippen molar-refractivity contribution in [1.82, 2.24) is 15.2 Å². The highest BCUT2D eigenvalue weighted by Crippen LogP contribution is 2.38. The van der Waals surface area contributed by atoms with Gasteiger partial charge in [-0.1, -0.05) is 24.3 Å². The van der Waals surface area contributed by atoms with Crippen molar-refractivity contribution in [3.05, 3.63) is 70.5 Å². The first-order chi connectivity index (χ1) is 17.0. The minimum absolute atomic E-state index is 0.105. The number of nitrogens with zero attached hydrogens (tertiary/aromatic N) is 4. The standard InChI is InChI=1S/C27H31N5O3/c1-17-24(20-8-7-18-5-3-4-6-19(18)15-20)25(26(28)33)30-31-27(17)32-13-11-21(12-14-32)35-22-9-10-23(34-2)29-16-22/h3-6,9-10,16,20-21H,7-8,11-15H2,1-2H3,(H2,28,33)/t20-/m0/s1. The summed E-state index contributed by atoms with van der Waals surface area (Å²) in [5.41, 5.74) is 10.7. The van der Waals surface area contributed by atoms with E-state index in [1.54, 1.807) is 19.4 Å². The zero-order chi connectivity index (χ0) is 24.4. The maximum absolute atomic E-state index is 12.3. The maximum atomic E-state index is 12.3. The van der Waals surface area contributed by atoms with Crippen molar-refractivity contribution in [1.29, 1.82) is 0 Å². The van der Waals surface area contributed by atoms with Crippen LogP contribution < -0.4 is 20.1 Å². The van der Waals surface area contributed by atoms with Crippen molar-refractivity contribution >= 4 is 11.7 Å². The largest absolute Gasteiger partial charge is 0.489 e. The van der Waals surface area contributed by atoms with Gasteiger partial charge in [-0.05, 0) is 60.4 Å². The summed E-state index contributed by atoms with van der Waals surface area (Å²) < 4.78 is 11.2. The Balaban J connectivity index is 1.33. The van der Waals surface area contributed by atoms with Crippen LogP contribution in [0.5, 0.6) is 11.6 Å². The van der Waals surface area contributed by atoms with Gasteiger partial charge in [-0.15, -0.1) is 10.2 Å². The molecule has 1 amide bonds. The van der Waals surface area contributed by atoms with Gasteiger partial charge in [0.2, 0.25) is 5.88 Å². The first kappa shape index (κ1) is 23.1. The van der Waals surface area contributed by atoms with Crippen molar-refractivity contribution in [2.45, 2.75) is 51.0 Å². The first-order valence-electron chi connectivity index (χ1n) is 12.2.